The van der Waals surface area contributed by atoms with E-state index >= 15 is 0 Å². The van der Waals surface area contributed by atoms with E-state index in [2.05, 4.69) is 16.0 Å². The van der Waals surface area contributed by atoms with E-state index in [0.29, 0.717) is 6.42 Å². The highest BCUT2D eigenvalue weighted by Crippen LogP contribution is 2.07. The van der Waals surface area contributed by atoms with Crippen molar-refractivity contribution in [3.8, 4) is 0 Å². The summed E-state index contributed by atoms with van der Waals surface area (Å²) in [5.74, 6) is -0.965. The lowest BCUT2D eigenvalue weighted by Crippen LogP contribution is -2.50. The third kappa shape index (κ3) is 9.89. The number of rotatable bonds is 8. The maximum Gasteiger partial charge on any atom is 0.408 e. The minimum Gasteiger partial charge on any atom is -0.467 e. The lowest BCUT2D eigenvalue weighted by molar-refractivity contribution is -0.144. The van der Waals surface area contributed by atoms with Gasteiger partial charge in [-0.2, -0.15) is 0 Å². The van der Waals surface area contributed by atoms with Crippen molar-refractivity contribution >= 4 is 35.2 Å². The number of carbonyl (C=O) groups is 3. The number of thiocarbonyl (C=S) groups is 1. The largest absolute Gasteiger partial charge is 0.467 e. The molecule has 8 nitrogen and oxygen atoms in total. The summed E-state index contributed by atoms with van der Waals surface area (Å²) < 4.78 is 9.94. The van der Waals surface area contributed by atoms with Gasteiger partial charge in [0.05, 0.1) is 24.7 Å². The molecule has 9 heteroatoms. The summed E-state index contributed by atoms with van der Waals surface area (Å²) >= 11 is 5.19. The van der Waals surface area contributed by atoms with Crippen molar-refractivity contribution in [2.24, 2.45) is 0 Å². The van der Waals surface area contributed by atoms with Crippen molar-refractivity contribution in [1.82, 2.24) is 16.0 Å². The minimum atomic E-state index is -0.817. The number of benzene rings is 1. The number of hydrogen-bond acceptors (Lipinski definition) is 6. The van der Waals surface area contributed by atoms with Crippen LogP contribution in [-0.2, 0) is 25.5 Å². The number of amides is 2. The number of carbonyl (C=O) groups excluding carboxylic acids is 3. The fourth-order valence-corrected chi connectivity index (χ4v) is 2.43. The van der Waals surface area contributed by atoms with E-state index in [-0.39, 0.29) is 11.5 Å². The molecule has 2 amide bonds. The molecule has 3 N–H and O–H groups in total. The van der Waals surface area contributed by atoms with Gasteiger partial charge in [-0.1, -0.05) is 42.5 Å². The molecular formula is C20H29N3O5S. The fraction of sp³-hybridized carbons (Fsp3) is 0.500. The second-order valence-corrected chi connectivity index (χ2v) is 7.86. The van der Waals surface area contributed by atoms with Crippen LogP contribution in [0.25, 0.3) is 0 Å². The molecule has 2 atom stereocenters. The first-order valence-electron chi connectivity index (χ1n) is 9.20. The molecule has 1 rings (SSSR count). The van der Waals surface area contributed by atoms with Crippen LogP contribution in [0.2, 0.25) is 0 Å². The van der Waals surface area contributed by atoms with Gasteiger partial charge in [0, 0.05) is 6.42 Å². The predicted molar refractivity (Wildman–Crippen MR) is 114 cm³/mol. The van der Waals surface area contributed by atoms with Gasteiger partial charge in [0.2, 0.25) is 5.91 Å². The maximum atomic E-state index is 12.2. The maximum absolute atomic E-state index is 12.2. The molecule has 0 unspecified atom stereocenters. The predicted octanol–water partition coefficient (Wildman–Crippen LogP) is 1.72. The summed E-state index contributed by atoms with van der Waals surface area (Å²) in [5, 5.41) is 8.00. The molecule has 0 aliphatic carbocycles. The first kappa shape index (κ1) is 24.4. The van der Waals surface area contributed by atoms with E-state index in [4.69, 9.17) is 21.7 Å². The molecule has 0 aliphatic rings. The molecule has 0 radical (unpaired) electrons. The molecule has 29 heavy (non-hydrogen) atoms. The van der Waals surface area contributed by atoms with E-state index in [9.17, 15) is 14.4 Å². The van der Waals surface area contributed by atoms with Crippen LogP contribution in [0.1, 0.15) is 33.3 Å². The smallest absolute Gasteiger partial charge is 0.408 e. The van der Waals surface area contributed by atoms with E-state index in [1.165, 1.54) is 7.11 Å². The van der Waals surface area contributed by atoms with Crippen LogP contribution in [0.5, 0.6) is 0 Å². The molecule has 0 saturated carbocycles. The number of alkyl carbamates (subject to hydrolysis) is 1. The molecule has 0 bridgehead atoms. The van der Waals surface area contributed by atoms with Crippen molar-refractivity contribution in [3.63, 3.8) is 0 Å². The zero-order chi connectivity index (χ0) is 22.0. The first-order chi connectivity index (χ1) is 13.5. The van der Waals surface area contributed by atoms with Crippen LogP contribution in [0.3, 0.4) is 0 Å². The SMILES string of the molecule is COC(=O)[C@H](Cc1ccccc1)NC(=O)CNC(=S)[C@H](C)NC(=O)OC(C)(C)C. The molecule has 1 aromatic carbocycles. The van der Waals surface area contributed by atoms with Gasteiger partial charge in [-0.25, -0.2) is 9.59 Å². The molecule has 1 aromatic rings. The summed E-state index contributed by atoms with van der Waals surface area (Å²) in [6.45, 7) is 6.78. The van der Waals surface area contributed by atoms with Crippen LogP contribution in [0, 0.1) is 0 Å². The minimum absolute atomic E-state index is 0.151. The first-order valence-corrected chi connectivity index (χ1v) is 9.61. The molecule has 0 aromatic heterocycles. The van der Waals surface area contributed by atoms with Crippen molar-refractivity contribution in [1.29, 1.82) is 0 Å². The number of ether oxygens (including phenoxy) is 2. The Balaban J connectivity index is 2.53. The summed E-state index contributed by atoms with van der Waals surface area (Å²) in [7, 11) is 1.27. The van der Waals surface area contributed by atoms with Crippen LogP contribution < -0.4 is 16.0 Å². The molecular weight excluding hydrogens is 394 g/mol. The van der Waals surface area contributed by atoms with Gasteiger partial charge in [0.15, 0.2) is 0 Å². The van der Waals surface area contributed by atoms with Crippen LogP contribution in [0.4, 0.5) is 4.79 Å². The third-order valence-corrected chi connectivity index (χ3v) is 4.15. The van der Waals surface area contributed by atoms with Crippen LogP contribution in [-0.4, -0.2) is 54.3 Å². The molecule has 0 spiro atoms. The van der Waals surface area contributed by atoms with Crippen LogP contribution >= 0.6 is 12.2 Å². The van der Waals surface area contributed by atoms with Crippen molar-refractivity contribution in [3.05, 3.63) is 35.9 Å². The monoisotopic (exact) mass is 423 g/mol. The Morgan fingerprint density at radius 2 is 1.72 bits per heavy atom. The number of nitrogens with one attached hydrogen (secondary N) is 3. The van der Waals surface area contributed by atoms with E-state index in [1.54, 1.807) is 27.7 Å². The second-order valence-electron chi connectivity index (χ2n) is 7.42. The third-order valence-electron chi connectivity index (χ3n) is 3.65. The molecule has 160 valence electrons. The Labute approximate surface area is 176 Å². The highest BCUT2D eigenvalue weighted by molar-refractivity contribution is 7.80. The topological polar surface area (TPSA) is 106 Å². The van der Waals surface area contributed by atoms with Gasteiger partial charge in [-0.15, -0.1) is 0 Å². The fourth-order valence-electron chi connectivity index (χ4n) is 2.30. The lowest BCUT2D eigenvalue weighted by atomic mass is 10.1. The average Bonchev–Trinajstić information content (AvgIpc) is 2.64. The second kappa shape index (κ2) is 11.4. The van der Waals surface area contributed by atoms with Gasteiger partial charge in [0.25, 0.3) is 0 Å². The Hall–Kier alpha value is -2.68. The van der Waals surface area contributed by atoms with Gasteiger partial charge in [-0.05, 0) is 33.3 Å². The Morgan fingerprint density at radius 3 is 2.28 bits per heavy atom. The van der Waals surface area contributed by atoms with Gasteiger partial charge in [-0.3, -0.25) is 4.79 Å². The molecule has 0 fully saturated rings. The van der Waals surface area contributed by atoms with Crippen molar-refractivity contribution in [2.75, 3.05) is 13.7 Å². The Bertz CT molecular complexity index is 719. The zero-order valence-corrected chi connectivity index (χ0v) is 18.2. The van der Waals surface area contributed by atoms with Crippen LogP contribution in [0.15, 0.2) is 30.3 Å². The summed E-state index contributed by atoms with van der Waals surface area (Å²) in [6, 6.07) is 7.94. The highest BCUT2D eigenvalue weighted by Gasteiger charge is 2.23. The Morgan fingerprint density at radius 1 is 1.10 bits per heavy atom. The average molecular weight is 424 g/mol. The van der Waals surface area contributed by atoms with Crippen molar-refractivity contribution < 1.29 is 23.9 Å². The van der Waals surface area contributed by atoms with Crippen molar-refractivity contribution in [2.45, 2.75) is 51.8 Å². The van der Waals surface area contributed by atoms with E-state index in [1.807, 2.05) is 30.3 Å². The zero-order valence-electron chi connectivity index (χ0n) is 17.4. The Kier molecular flexibility index (Phi) is 9.54. The standard InChI is InChI=1S/C20H29N3O5S/c1-13(22-19(26)28-20(2,3)4)17(29)21-12-16(24)23-15(18(25)27-5)11-14-9-7-6-8-10-14/h6-10,13,15H,11-12H2,1-5H3,(H,21,29)(H,22,26)(H,23,24)/t13-,15-/m0/s1. The van der Waals surface area contributed by atoms with Gasteiger partial charge in [0.1, 0.15) is 11.6 Å². The molecule has 0 saturated heterocycles. The lowest BCUT2D eigenvalue weighted by Gasteiger charge is -2.22. The molecule has 0 aliphatic heterocycles. The highest BCUT2D eigenvalue weighted by atomic mass is 32.1. The van der Waals surface area contributed by atoms with Gasteiger partial charge < -0.3 is 25.4 Å². The van der Waals surface area contributed by atoms with E-state index in [0.717, 1.165) is 5.56 Å². The quantitative estimate of drug-likeness (QED) is 0.432. The number of esters is 1. The summed E-state index contributed by atoms with van der Waals surface area (Å²) in [5.41, 5.74) is 0.266. The molecule has 0 heterocycles. The summed E-state index contributed by atoms with van der Waals surface area (Å²) in [6.07, 6.45) is -0.299. The van der Waals surface area contributed by atoms with Gasteiger partial charge >= 0.3 is 12.1 Å². The number of hydrogen-bond donors (Lipinski definition) is 3. The normalized spacial score (nSPS) is 12.9. The number of methoxy groups -OCH3 is 1. The van der Waals surface area contributed by atoms with E-state index < -0.39 is 35.7 Å². The summed E-state index contributed by atoms with van der Waals surface area (Å²) in [4.78, 5) is 36.3.